The van der Waals surface area contributed by atoms with Gasteiger partial charge in [0.2, 0.25) is 0 Å². The summed E-state index contributed by atoms with van der Waals surface area (Å²) >= 11 is 0. The first-order chi connectivity index (χ1) is 11.0. The summed E-state index contributed by atoms with van der Waals surface area (Å²) in [6.07, 6.45) is 0.789. The number of piperidine rings is 1. The standard InChI is InChI=1S/C17H20F2N2O2/c18-17(19)11-16(17)5-7-21(8-6-16)15(22)13-3-1-2-4-14(13)20-12-9-23-10-12/h1-4,12,20H,5-11H2. The highest BCUT2D eigenvalue weighted by Crippen LogP contribution is 2.65. The van der Waals surface area contributed by atoms with Crippen molar-refractivity contribution in [2.75, 3.05) is 31.6 Å². The second kappa shape index (κ2) is 5.16. The number of anilines is 1. The van der Waals surface area contributed by atoms with Gasteiger partial charge >= 0.3 is 0 Å². The monoisotopic (exact) mass is 322 g/mol. The number of carbonyl (C=O) groups is 1. The zero-order valence-corrected chi connectivity index (χ0v) is 12.9. The van der Waals surface area contributed by atoms with Gasteiger partial charge in [0.25, 0.3) is 11.8 Å². The summed E-state index contributed by atoms with van der Waals surface area (Å²) in [5.74, 6) is -2.60. The summed E-state index contributed by atoms with van der Waals surface area (Å²) in [5, 5.41) is 3.32. The molecule has 0 atom stereocenters. The van der Waals surface area contributed by atoms with Crippen molar-refractivity contribution in [3.63, 3.8) is 0 Å². The van der Waals surface area contributed by atoms with Crippen LogP contribution >= 0.6 is 0 Å². The van der Waals surface area contributed by atoms with Crippen LogP contribution in [0.2, 0.25) is 0 Å². The summed E-state index contributed by atoms with van der Waals surface area (Å²) in [7, 11) is 0. The van der Waals surface area contributed by atoms with Crippen LogP contribution in [-0.4, -0.2) is 49.1 Å². The van der Waals surface area contributed by atoms with E-state index in [2.05, 4.69) is 5.32 Å². The molecule has 4 nitrogen and oxygen atoms in total. The highest BCUT2D eigenvalue weighted by molar-refractivity contribution is 5.99. The van der Waals surface area contributed by atoms with Crippen LogP contribution in [0.15, 0.2) is 24.3 Å². The van der Waals surface area contributed by atoms with Gasteiger partial charge in [0.05, 0.1) is 24.8 Å². The van der Waals surface area contributed by atoms with Crippen LogP contribution in [0.25, 0.3) is 0 Å². The van der Waals surface area contributed by atoms with Crippen molar-refractivity contribution >= 4 is 11.6 Å². The van der Waals surface area contributed by atoms with E-state index in [1.807, 2.05) is 18.2 Å². The van der Waals surface area contributed by atoms with Crippen LogP contribution in [-0.2, 0) is 4.74 Å². The van der Waals surface area contributed by atoms with E-state index in [1.165, 1.54) is 0 Å². The molecular formula is C17H20F2N2O2. The highest BCUT2D eigenvalue weighted by Gasteiger charge is 2.70. The number of amides is 1. The number of para-hydroxylation sites is 1. The molecule has 0 aromatic heterocycles. The van der Waals surface area contributed by atoms with Crippen molar-refractivity contribution in [3.05, 3.63) is 29.8 Å². The van der Waals surface area contributed by atoms with E-state index in [1.54, 1.807) is 11.0 Å². The van der Waals surface area contributed by atoms with Gasteiger partial charge in [0.15, 0.2) is 0 Å². The molecule has 0 unspecified atom stereocenters. The van der Waals surface area contributed by atoms with E-state index in [9.17, 15) is 13.6 Å². The smallest absolute Gasteiger partial charge is 0.255 e. The van der Waals surface area contributed by atoms with Crippen LogP contribution in [0.4, 0.5) is 14.5 Å². The minimum Gasteiger partial charge on any atom is -0.377 e. The molecule has 2 aliphatic heterocycles. The van der Waals surface area contributed by atoms with E-state index < -0.39 is 11.3 Å². The van der Waals surface area contributed by atoms with Crippen LogP contribution in [0.5, 0.6) is 0 Å². The van der Waals surface area contributed by atoms with E-state index >= 15 is 0 Å². The van der Waals surface area contributed by atoms with Crippen molar-refractivity contribution in [1.29, 1.82) is 0 Å². The molecule has 1 saturated carbocycles. The molecule has 1 aliphatic carbocycles. The fourth-order valence-corrected chi connectivity index (χ4v) is 3.57. The van der Waals surface area contributed by atoms with E-state index in [0.29, 0.717) is 44.7 Å². The first kappa shape index (κ1) is 14.9. The maximum atomic E-state index is 13.5. The number of rotatable bonds is 3. The second-order valence-electron chi connectivity index (χ2n) is 6.88. The van der Waals surface area contributed by atoms with Gasteiger partial charge in [-0.3, -0.25) is 4.79 Å². The van der Waals surface area contributed by atoms with E-state index in [-0.39, 0.29) is 18.4 Å². The van der Waals surface area contributed by atoms with Crippen molar-refractivity contribution in [2.24, 2.45) is 5.41 Å². The molecule has 23 heavy (non-hydrogen) atoms. The Balaban J connectivity index is 1.45. The third kappa shape index (κ3) is 2.49. The average Bonchev–Trinajstić information content (AvgIpc) is 3.03. The molecule has 1 amide bonds. The van der Waals surface area contributed by atoms with Gasteiger partial charge in [0.1, 0.15) is 0 Å². The number of nitrogens with one attached hydrogen (secondary N) is 1. The third-order valence-electron chi connectivity index (χ3n) is 5.37. The summed E-state index contributed by atoms with van der Waals surface area (Å²) in [5.41, 5.74) is 0.575. The number of benzene rings is 1. The molecule has 3 aliphatic rings. The average molecular weight is 322 g/mol. The second-order valence-corrected chi connectivity index (χ2v) is 6.88. The number of alkyl halides is 2. The SMILES string of the molecule is O=C(c1ccccc1NC1COC1)N1CCC2(CC1)CC2(F)F. The van der Waals surface area contributed by atoms with Gasteiger partial charge in [-0.25, -0.2) is 8.78 Å². The quantitative estimate of drug-likeness (QED) is 0.930. The van der Waals surface area contributed by atoms with Crippen molar-refractivity contribution < 1.29 is 18.3 Å². The number of carbonyl (C=O) groups excluding carboxylic acids is 1. The molecule has 6 heteroatoms. The van der Waals surface area contributed by atoms with Gasteiger partial charge in [-0.1, -0.05) is 12.1 Å². The Morgan fingerprint density at radius 2 is 1.87 bits per heavy atom. The predicted octanol–water partition coefficient (Wildman–Crippen LogP) is 2.76. The maximum absolute atomic E-state index is 13.5. The summed E-state index contributed by atoms with van der Waals surface area (Å²) < 4.78 is 32.0. The highest BCUT2D eigenvalue weighted by atomic mass is 19.3. The predicted molar refractivity (Wildman–Crippen MR) is 81.8 cm³/mol. The molecule has 2 saturated heterocycles. The molecule has 0 bridgehead atoms. The minimum absolute atomic E-state index is 0.0121. The van der Waals surface area contributed by atoms with Crippen LogP contribution in [0.1, 0.15) is 29.6 Å². The molecule has 124 valence electrons. The Morgan fingerprint density at radius 1 is 1.22 bits per heavy atom. The Bertz CT molecular complexity index is 623. The Hall–Kier alpha value is -1.69. The van der Waals surface area contributed by atoms with Crippen molar-refractivity contribution in [3.8, 4) is 0 Å². The zero-order chi connectivity index (χ0) is 16.1. The fraction of sp³-hybridized carbons (Fsp3) is 0.588. The Morgan fingerprint density at radius 3 is 2.43 bits per heavy atom. The molecule has 2 heterocycles. The van der Waals surface area contributed by atoms with Crippen LogP contribution in [0.3, 0.4) is 0 Å². The summed E-state index contributed by atoms with van der Waals surface area (Å²) in [4.78, 5) is 14.5. The first-order valence-corrected chi connectivity index (χ1v) is 8.11. The lowest BCUT2D eigenvalue weighted by Crippen LogP contribution is -2.42. The van der Waals surface area contributed by atoms with Gasteiger partial charge in [-0.2, -0.15) is 0 Å². The summed E-state index contributed by atoms with van der Waals surface area (Å²) in [6.45, 7) is 2.11. The largest absolute Gasteiger partial charge is 0.377 e. The van der Waals surface area contributed by atoms with Crippen molar-refractivity contribution in [2.45, 2.75) is 31.2 Å². The maximum Gasteiger partial charge on any atom is 0.255 e. The van der Waals surface area contributed by atoms with Crippen LogP contribution < -0.4 is 5.32 Å². The number of nitrogens with zero attached hydrogens (tertiary/aromatic N) is 1. The van der Waals surface area contributed by atoms with Crippen LogP contribution in [0, 0.1) is 5.41 Å². The van der Waals surface area contributed by atoms with Crippen molar-refractivity contribution in [1.82, 2.24) is 4.90 Å². The lowest BCUT2D eigenvalue weighted by atomic mass is 9.92. The molecule has 1 spiro atoms. The minimum atomic E-state index is -2.52. The zero-order valence-electron chi connectivity index (χ0n) is 12.9. The molecule has 1 aromatic carbocycles. The molecule has 1 aromatic rings. The molecule has 1 N–H and O–H groups in total. The number of ether oxygens (including phenoxy) is 1. The summed E-state index contributed by atoms with van der Waals surface area (Å²) in [6, 6.07) is 7.62. The lowest BCUT2D eigenvalue weighted by molar-refractivity contribution is 0.0209. The Kier molecular flexibility index (Phi) is 3.34. The Labute approximate surface area is 133 Å². The van der Waals surface area contributed by atoms with Gasteiger partial charge in [-0.05, 0) is 25.0 Å². The normalized spacial score (nSPS) is 25.0. The van der Waals surface area contributed by atoms with E-state index in [0.717, 1.165) is 5.69 Å². The number of likely N-dealkylation sites (tertiary alicyclic amines) is 1. The fourth-order valence-electron chi connectivity index (χ4n) is 3.57. The molecular weight excluding hydrogens is 302 g/mol. The number of hydrogen-bond donors (Lipinski definition) is 1. The molecule has 0 radical (unpaired) electrons. The third-order valence-corrected chi connectivity index (χ3v) is 5.37. The van der Waals surface area contributed by atoms with Gasteiger partial charge < -0.3 is 15.0 Å². The molecule has 4 rings (SSSR count). The van der Waals surface area contributed by atoms with Gasteiger partial charge in [-0.15, -0.1) is 0 Å². The topological polar surface area (TPSA) is 41.6 Å². The number of halogens is 2. The lowest BCUT2D eigenvalue weighted by Gasteiger charge is -2.33. The molecule has 3 fully saturated rings. The first-order valence-electron chi connectivity index (χ1n) is 8.11. The van der Waals surface area contributed by atoms with Gasteiger partial charge in [0, 0.05) is 30.6 Å². The number of hydrogen-bond acceptors (Lipinski definition) is 3. The van der Waals surface area contributed by atoms with E-state index in [4.69, 9.17) is 4.74 Å².